The Morgan fingerprint density at radius 1 is 1.57 bits per heavy atom. The first-order valence-corrected chi connectivity index (χ1v) is 2.12. The van der Waals surface area contributed by atoms with Crippen molar-refractivity contribution in [2.75, 3.05) is 7.11 Å². The van der Waals surface area contributed by atoms with Crippen LogP contribution >= 0.6 is 0 Å². The second kappa shape index (κ2) is 2.26. The lowest BCUT2D eigenvalue weighted by Crippen LogP contribution is -2.28. The van der Waals surface area contributed by atoms with Gasteiger partial charge in [-0.25, -0.2) is 0 Å². The summed E-state index contributed by atoms with van der Waals surface area (Å²) < 4.78 is 4.20. The van der Waals surface area contributed by atoms with E-state index >= 15 is 0 Å². The summed E-state index contributed by atoms with van der Waals surface area (Å²) in [5.41, 5.74) is 0. The van der Waals surface area contributed by atoms with Gasteiger partial charge in [-0.05, 0) is 0 Å². The van der Waals surface area contributed by atoms with Gasteiger partial charge in [0, 0.05) is 13.5 Å². The lowest BCUT2D eigenvalue weighted by Gasteiger charge is -2.15. The van der Waals surface area contributed by atoms with E-state index in [9.17, 15) is 0 Å². The molecule has 44 valence electrons. The maximum atomic E-state index is 8.47. The van der Waals surface area contributed by atoms with Gasteiger partial charge in [-0.15, -0.1) is 0 Å². The Kier molecular flexibility index (Phi) is 2.22. The van der Waals surface area contributed by atoms with Crippen molar-refractivity contribution in [1.29, 1.82) is 0 Å². The second-order valence-corrected chi connectivity index (χ2v) is 1.30. The highest BCUT2D eigenvalue weighted by Crippen LogP contribution is 2.02. The first kappa shape index (κ1) is 6.88. The lowest BCUT2D eigenvalue weighted by atomic mass is 10.4. The van der Waals surface area contributed by atoms with Gasteiger partial charge in [0.25, 0.3) is 5.97 Å². The fourth-order valence-corrected chi connectivity index (χ4v) is 0.144. The molecule has 0 unspecified atom stereocenters. The number of hydrogen-bond acceptors (Lipinski definition) is 3. The molecule has 0 rings (SSSR count). The molecule has 0 heterocycles. The van der Waals surface area contributed by atoms with Crippen LogP contribution in [0.15, 0.2) is 0 Å². The summed E-state index contributed by atoms with van der Waals surface area (Å²) >= 11 is 0. The van der Waals surface area contributed by atoms with Gasteiger partial charge in [-0.3, -0.25) is 0 Å². The highest BCUT2D eigenvalue weighted by Gasteiger charge is 2.17. The molecule has 0 aliphatic carbocycles. The average molecular weight is 106 g/mol. The summed E-state index contributed by atoms with van der Waals surface area (Å²) in [4.78, 5) is 0. The molecule has 0 fully saturated rings. The number of ether oxygens (including phenoxy) is 1. The fraction of sp³-hybridized carbons (Fsp3) is 1.00. The zero-order chi connectivity index (χ0) is 5.91. The van der Waals surface area contributed by atoms with Crippen molar-refractivity contribution in [3.63, 3.8) is 0 Å². The summed E-state index contributed by atoms with van der Waals surface area (Å²) in [5.74, 6) is -1.92. The molecule has 7 heavy (non-hydrogen) atoms. The van der Waals surface area contributed by atoms with Gasteiger partial charge in [0.05, 0.1) is 0 Å². The van der Waals surface area contributed by atoms with E-state index in [0.717, 1.165) is 0 Å². The van der Waals surface area contributed by atoms with Gasteiger partial charge in [-0.1, -0.05) is 6.92 Å². The molecule has 0 amide bonds. The molecule has 0 radical (unpaired) electrons. The highest BCUT2D eigenvalue weighted by atomic mass is 16.8. The fourth-order valence-electron chi connectivity index (χ4n) is 0.144. The zero-order valence-corrected chi connectivity index (χ0v) is 4.51. The largest absolute Gasteiger partial charge is 0.343 e. The Bertz CT molecular complexity index is 44.9. The normalized spacial score (nSPS) is 12.0. The van der Waals surface area contributed by atoms with E-state index in [1.807, 2.05) is 0 Å². The second-order valence-electron chi connectivity index (χ2n) is 1.30. The lowest BCUT2D eigenvalue weighted by molar-refractivity contribution is -0.326. The van der Waals surface area contributed by atoms with Crippen molar-refractivity contribution < 1.29 is 14.9 Å². The predicted molar refractivity (Wildman–Crippen MR) is 24.5 cm³/mol. The van der Waals surface area contributed by atoms with Crippen LogP contribution in [0.3, 0.4) is 0 Å². The van der Waals surface area contributed by atoms with Gasteiger partial charge >= 0.3 is 0 Å². The van der Waals surface area contributed by atoms with E-state index in [1.54, 1.807) is 6.92 Å². The van der Waals surface area contributed by atoms with Crippen LogP contribution in [-0.4, -0.2) is 23.3 Å². The molecular weight excluding hydrogens is 96.0 g/mol. The molecular formula is C4H10O3. The van der Waals surface area contributed by atoms with E-state index in [1.165, 1.54) is 7.11 Å². The Morgan fingerprint density at radius 2 is 2.00 bits per heavy atom. The number of rotatable bonds is 2. The maximum absolute atomic E-state index is 8.47. The first-order valence-electron chi connectivity index (χ1n) is 2.12. The van der Waals surface area contributed by atoms with Crippen LogP contribution in [0.1, 0.15) is 13.3 Å². The van der Waals surface area contributed by atoms with Crippen LogP contribution in [0.2, 0.25) is 0 Å². The molecule has 2 N–H and O–H groups in total. The molecule has 0 aliphatic rings. The van der Waals surface area contributed by atoms with Crippen LogP contribution in [-0.2, 0) is 4.74 Å². The van der Waals surface area contributed by atoms with Crippen LogP contribution in [0, 0.1) is 0 Å². The van der Waals surface area contributed by atoms with Crippen LogP contribution in [0.25, 0.3) is 0 Å². The predicted octanol–water partition coefficient (Wildman–Crippen LogP) is -0.319. The van der Waals surface area contributed by atoms with Crippen molar-refractivity contribution in [2.45, 2.75) is 19.3 Å². The minimum atomic E-state index is -1.92. The molecule has 0 aromatic carbocycles. The van der Waals surface area contributed by atoms with Gasteiger partial charge in [0.1, 0.15) is 0 Å². The summed E-state index contributed by atoms with van der Waals surface area (Å²) in [7, 11) is 1.24. The molecule has 0 saturated heterocycles. The quantitative estimate of drug-likeness (QED) is 0.474. The smallest absolute Gasteiger partial charge is 0.277 e. The maximum Gasteiger partial charge on any atom is 0.277 e. The number of methoxy groups -OCH3 is 1. The van der Waals surface area contributed by atoms with Crippen LogP contribution < -0.4 is 0 Å². The van der Waals surface area contributed by atoms with E-state index in [4.69, 9.17) is 10.2 Å². The molecule has 0 aromatic heterocycles. The van der Waals surface area contributed by atoms with E-state index in [2.05, 4.69) is 4.74 Å². The Morgan fingerprint density at radius 3 is 2.00 bits per heavy atom. The molecule has 0 aliphatic heterocycles. The Labute approximate surface area is 42.5 Å². The summed E-state index contributed by atoms with van der Waals surface area (Å²) in [6.07, 6.45) is 0.184. The average Bonchev–Trinajstić information content (AvgIpc) is 1.68. The third-order valence-corrected chi connectivity index (χ3v) is 0.787. The number of hydrogen-bond donors (Lipinski definition) is 2. The van der Waals surface area contributed by atoms with E-state index < -0.39 is 5.97 Å². The monoisotopic (exact) mass is 106 g/mol. The molecule has 0 spiro atoms. The summed E-state index contributed by atoms with van der Waals surface area (Å²) in [5, 5.41) is 16.9. The standard InChI is InChI=1S/C4H10O3/c1-3-4(5,6)7-2/h5-6H,3H2,1-2H3. The Balaban J connectivity index is 3.36. The summed E-state index contributed by atoms with van der Waals surface area (Å²) in [6, 6.07) is 0. The molecule has 0 bridgehead atoms. The van der Waals surface area contributed by atoms with Crippen molar-refractivity contribution in [3.8, 4) is 0 Å². The van der Waals surface area contributed by atoms with Crippen molar-refractivity contribution in [1.82, 2.24) is 0 Å². The van der Waals surface area contributed by atoms with E-state index in [-0.39, 0.29) is 6.42 Å². The summed E-state index contributed by atoms with van der Waals surface area (Å²) in [6.45, 7) is 1.61. The highest BCUT2D eigenvalue weighted by molar-refractivity contribution is 4.40. The van der Waals surface area contributed by atoms with Gasteiger partial charge in [-0.2, -0.15) is 0 Å². The van der Waals surface area contributed by atoms with Crippen molar-refractivity contribution >= 4 is 0 Å². The minimum absolute atomic E-state index is 0.184. The zero-order valence-electron chi connectivity index (χ0n) is 4.51. The molecule has 3 heteroatoms. The van der Waals surface area contributed by atoms with Crippen molar-refractivity contribution in [2.24, 2.45) is 0 Å². The third-order valence-electron chi connectivity index (χ3n) is 0.787. The van der Waals surface area contributed by atoms with Gasteiger partial charge < -0.3 is 14.9 Å². The Hall–Kier alpha value is -0.120. The minimum Gasteiger partial charge on any atom is -0.343 e. The van der Waals surface area contributed by atoms with E-state index in [0.29, 0.717) is 0 Å². The molecule has 0 atom stereocenters. The topological polar surface area (TPSA) is 49.7 Å². The molecule has 0 saturated carbocycles. The van der Waals surface area contributed by atoms with Crippen LogP contribution in [0.4, 0.5) is 0 Å². The third kappa shape index (κ3) is 2.56. The molecule has 0 aromatic rings. The molecule has 3 nitrogen and oxygen atoms in total. The van der Waals surface area contributed by atoms with Gasteiger partial charge in [0.15, 0.2) is 0 Å². The SMILES string of the molecule is CCC(O)(O)OC. The van der Waals surface area contributed by atoms with Crippen LogP contribution in [0.5, 0.6) is 0 Å². The number of aliphatic hydroxyl groups is 2. The van der Waals surface area contributed by atoms with Gasteiger partial charge in [0.2, 0.25) is 0 Å². The first-order chi connectivity index (χ1) is 3.12. The van der Waals surface area contributed by atoms with Crippen molar-refractivity contribution in [3.05, 3.63) is 0 Å².